The van der Waals surface area contributed by atoms with Crippen LogP contribution in [0.15, 0.2) is 54.9 Å². The van der Waals surface area contributed by atoms with E-state index in [1.165, 1.54) is 5.56 Å². The molecule has 1 saturated heterocycles. The van der Waals surface area contributed by atoms with Crippen LogP contribution in [0, 0.1) is 0 Å². The number of benzene rings is 1. The summed E-state index contributed by atoms with van der Waals surface area (Å²) in [6, 6.07) is 13.6. The van der Waals surface area contributed by atoms with Crippen molar-refractivity contribution in [2.75, 3.05) is 26.2 Å². The van der Waals surface area contributed by atoms with Crippen molar-refractivity contribution < 1.29 is 4.79 Å². The SMILES string of the molecule is NC(CC(=O)N1CCN(Cc2cccnc2)CC1)c1ccccc1. The van der Waals surface area contributed by atoms with Gasteiger partial charge in [-0.25, -0.2) is 0 Å². The average Bonchev–Trinajstić information content (AvgIpc) is 2.64. The highest BCUT2D eigenvalue weighted by Gasteiger charge is 2.22. The molecule has 2 heterocycles. The van der Waals surface area contributed by atoms with E-state index in [1.807, 2.05) is 47.5 Å². The van der Waals surface area contributed by atoms with Crippen LogP contribution < -0.4 is 5.73 Å². The molecule has 1 fully saturated rings. The van der Waals surface area contributed by atoms with Gasteiger partial charge in [0.15, 0.2) is 0 Å². The Labute approximate surface area is 143 Å². The summed E-state index contributed by atoms with van der Waals surface area (Å²) in [4.78, 5) is 20.9. The van der Waals surface area contributed by atoms with E-state index in [2.05, 4.69) is 16.0 Å². The van der Waals surface area contributed by atoms with Gasteiger partial charge < -0.3 is 10.6 Å². The minimum atomic E-state index is -0.230. The van der Waals surface area contributed by atoms with Crippen LogP contribution in [0.3, 0.4) is 0 Å². The van der Waals surface area contributed by atoms with Crippen molar-refractivity contribution in [3.8, 4) is 0 Å². The first-order valence-corrected chi connectivity index (χ1v) is 8.42. The highest BCUT2D eigenvalue weighted by atomic mass is 16.2. The predicted molar refractivity (Wildman–Crippen MR) is 94.1 cm³/mol. The van der Waals surface area contributed by atoms with Crippen LogP contribution in [-0.4, -0.2) is 46.9 Å². The fourth-order valence-corrected chi connectivity index (χ4v) is 3.04. The smallest absolute Gasteiger partial charge is 0.224 e. The Morgan fingerprint density at radius 1 is 1.08 bits per heavy atom. The highest BCUT2D eigenvalue weighted by Crippen LogP contribution is 2.16. The number of pyridine rings is 1. The van der Waals surface area contributed by atoms with Gasteiger partial charge in [-0.05, 0) is 17.2 Å². The quantitative estimate of drug-likeness (QED) is 0.911. The minimum absolute atomic E-state index is 0.146. The van der Waals surface area contributed by atoms with Gasteiger partial charge in [-0.2, -0.15) is 0 Å². The van der Waals surface area contributed by atoms with Crippen molar-refractivity contribution in [3.63, 3.8) is 0 Å². The van der Waals surface area contributed by atoms with Crippen molar-refractivity contribution >= 4 is 5.91 Å². The molecule has 126 valence electrons. The lowest BCUT2D eigenvalue weighted by Crippen LogP contribution is -2.48. The standard InChI is InChI=1S/C19H24N4O/c20-18(17-6-2-1-3-7-17)13-19(24)23-11-9-22(10-12-23)15-16-5-4-8-21-14-16/h1-8,14,18H,9-13,15,20H2. The zero-order chi connectivity index (χ0) is 16.8. The molecule has 1 atom stereocenters. The van der Waals surface area contributed by atoms with E-state index in [1.54, 1.807) is 6.20 Å². The molecule has 1 aliphatic rings. The van der Waals surface area contributed by atoms with Gasteiger partial charge in [-0.1, -0.05) is 36.4 Å². The Morgan fingerprint density at radius 2 is 1.83 bits per heavy atom. The number of aromatic nitrogens is 1. The van der Waals surface area contributed by atoms with Gasteiger partial charge in [-0.15, -0.1) is 0 Å². The Hall–Kier alpha value is -2.24. The first kappa shape index (κ1) is 16.6. The Bertz CT molecular complexity index is 639. The van der Waals surface area contributed by atoms with Crippen molar-refractivity contribution in [2.24, 2.45) is 5.73 Å². The third-order valence-corrected chi connectivity index (χ3v) is 4.48. The molecule has 1 unspecified atom stereocenters. The summed E-state index contributed by atoms with van der Waals surface area (Å²) in [5, 5.41) is 0. The Balaban J connectivity index is 1.47. The molecule has 0 radical (unpaired) electrons. The second-order valence-corrected chi connectivity index (χ2v) is 6.24. The lowest BCUT2D eigenvalue weighted by atomic mass is 10.0. The Kier molecular flexibility index (Phi) is 5.56. The lowest BCUT2D eigenvalue weighted by molar-refractivity contribution is -0.133. The topological polar surface area (TPSA) is 62.5 Å². The van der Waals surface area contributed by atoms with Gasteiger partial charge >= 0.3 is 0 Å². The van der Waals surface area contributed by atoms with Crippen LogP contribution in [0.4, 0.5) is 0 Å². The average molecular weight is 324 g/mol. The number of nitrogens with two attached hydrogens (primary N) is 1. The van der Waals surface area contributed by atoms with Gasteiger partial charge in [-0.3, -0.25) is 14.7 Å². The van der Waals surface area contributed by atoms with Crippen molar-refractivity contribution in [3.05, 3.63) is 66.0 Å². The zero-order valence-corrected chi connectivity index (χ0v) is 13.8. The molecule has 1 aliphatic heterocycles. The highest BCUT2D eigenvalue weighted by molar-refractivity contribution is 5.77. The predicted octanol–water partition coefficient (Wildman–Crippen LogP) is 1.82. The number of nitrogens with zero attached hydrogens (tertiary/aromatic N) is 3. The molecule has 5 heteroatoms. The van der Waals surface area contributed by atoms with Gasteiger partial charge in [0.25, 0.3) is 0 Å². The molecule has 0 saturated carbocycles. The first-order valence-electron chi connectivity index (χ1n) is 8.42. The summed E-state index contributed by atoms with van der Waals surface area (Å²) in [7, 11) is 0. The van der Waals surface area contributed by atoms with Crippen molar-refractivity contribution in [2.45, 2.75) is 19.0 Å². The summed E-state index contributed by atoms with van der Waals surface area (Å²) in [5.74, 6) is 0.146. The summed E-state index contributed by atoms with van der Waals surface area (Å²) in [6.07, 6.45) is 4.05. The third-order valence-electron chi connectivity index (χ3n) is 4.48. The number of hydrogen-bond acceptors (Lipinski definition) is 4. The molecule has 24 heavy (non-hydrogen) atoms. The van der Waals surface area contributed by atoms with Crippen LogP contribution in [0.2, 0.25) is 0 Å². The molecular weight excluding hydrogens is 300 g/mol. The summed E-state index contributed by atoms with van der Waals surface area (Å²) in [5.41, 5.74) is 8.39. The number of carbonyl (C=O) groups is 1. The molecule has 0 aliphatic carbocycles. The monoisotopic (exact) mass is 324 g/mol. The molecule has 1 aromatic heterocycles. The van der Waals surface area contributed by atoms with E-state index in [0.717, 1.165) is 38.3 Å². The van der Waals surface area contributed by atoms with Crippen molar-refractivity contribution in [1.82, 2.24) is 14.8 Å². The fourth-order valence-electron chi connectivity index (χ4n) is 3.04. The summed E-state index contributed by atoms with van der Waals surface area (Å²) < 4.78 is 0. The van der Waals surface area contributed by atoms with Crippen LogP contribution in [0.25, 0.3) is 0 Å². The van der Waals surface area contributed by atoms with E-state index < -0.39 is 0 Å². The number of rotatable bonds is 5. The van der Waals surface area contributed by atoms with Gasteiger partial charge in [0.2, 0.25) is 5.91 Å². The summed E-state index contributed by atoms with van der Waals surface area (Å²) >= 11 is 0. The van der Waals surface area contributed by atoms with Crippen molar-refractivity contribution in [1.29, 1.82) is 0 Å². The second-order valence-electron chi connectivity index (χ2n) is 6.24. The number of hydrogen-bond donors (Lipinski definition) is 1. The Morgan fingerprint density at radius 3 is 2.50 bits per heavy atom. The molecule has 3 rings (SSSR count). The van der Waals surface area contributed by atoms with Gasteiger partial charge in [0, 0.05) is 57.6 Å². The van der Waals surface area contributed by atoms with E-state index in [-0.39, 0.29) is 11.9 Å². The maximum atomic E-state index is 12.5. The van der Waals surface area contributed by atoms with E-state index >= 15 is 0 Å². The molecule has 1 aromatic carbocycles. The fraction of sp³-hybridized carbons (Fsp3) is 0.368. The van der Waals surface area contributed by atoms with E-state index in [0.29, 0.717) is 6.42 Å². The van der Waals surface area contributed by atoms with E-state index in [4.69, 9.17) is 5.73 Å². The maximum Gasteiger partial charge on any atom is 0.224 e. The van der Waals surface area contributed by atoms with Crippen LogP contribution in [0.5, 0.6) is 0 Å². The van der Waals surface area contributed by atoms with Gasteiger partial charge in [0.05, 0.1) is 0 Å². The zero-order valence-electron chi connectivity index (χ0n) is 13.8. The maximum absolute atomic E-state index is 12.5. The van der Waals surface area contributed by atoms with Crippen LogP contribution in [-0.2, 0) is 11.3 Å². The molecule has 2 N–H and O–H groups in total. The molecular formula is C19H24N4O. The molecule has 0 spiro atoms. The largest absolute Gasteiger partial charge is 0.340 e. The number of carbonyl (C=O) groups excluding carboxylic acids is 1. The molecule has 1 amide bonds. The summed E-state index contributed by atoms with van der Waals surface area (Å²) in [6.45, 7) is 4.20. The molecule has 2 aromatic rings. The third kappa shape index (κ3) is 4.40. The molecule has 0 bridgehead atoms. The van der Waals surface area contributed by atoms with E-state index in [9.17, 15) is 4.79 Å². The number of amides is 1. The number of piperazine rings is 1. The second kappa shape index (κ2) is 8.04. The van der Waals surface area contributed by atoms with Gasteiger partial charge in [0.1, 0.15) is 0 Å². The first-order chi connectivity index (χ1) is 11.7. The molecule has 5 nitrogen and oxygen atoms in total. The van der Waals surface area contributed by atoms with Crippen LogP contribution in [0.1, 0.15) is 23.6 Å². The minimum Gasteiger partial charge on any atom is -0.340 e. The lowest BCUT2D eigenvalue weighted by Gasteiger charge is -2.35. The normalized spacial score (nSPS) is 16.8. The van der Waals surface area contributed by atoms with Crippen LogP contribution >= 0.6 is 0 Å².